The minimum Gasteiger partial charge on any atom is -0.497 e. The highest BCUT2D eigenvalue weighted by Crippen LogP contribution is 2.24. The van der Waals surface area contributed by atoms with E-state index in [1.807, 2.05) is 39.0 Å². The number of guanidine groups is 1. The average molecular weight is 421 g/mol. The summed E-state index contributed by atoms with van der Waals surface area (Å²) in [6.45, 7) is 8.41. The van der Waals surface area contributed by atoms with Crippen molar-refractivity contribution in [2.24, 2.45) is 10.9 Å². The van der Waals surface area contributed by atoms with E-state index in [0.717, 1.165) is 43.0 Å². The lowest BCUT2D eigenvalue weighted by Crippen LogP contribution is -2.47. The van der Waals surface area contributed by atoms with Gasteiger partial charge in [-0.2, -0.15) is 0 Å². The Labute approximate surface area is 180 Å². The summed E-state index contributed by atoms with van der Waals surface area (Å²) in [5.74, 6) is 2.57. The van der Waals surface area contributed by atoms with Gasteiger partial charge in [-0.05, 0) is 51.7 Å². The van der Waals surface area contributed by atoms with Gasteiger partial charge < -0.3 is 29.7 Å². The summed E-state index contributed by atoms with van der Waals surface area (Å²) >= 11 is 0. The maximum absolute atomic E-state index is 12.3. The molecule has 0 aromatic heterocycles. The Morgan fingerprint density at radius 1 is 1.23 bits per heavy atom. The zero-order valence-corrected chi connectivity index (χ0v) is 19.1. The van der Waals surface area contributed by atoms with E-state index < -0.39 is 5.60 Å². The van der Waals surface area contributed by atoms with Crippen LogP contribution in [0, 0.1) is 5.92 Å². The molecule has 0 bridgehead atoms. The highest BCUT2D eigenvalue weighted by molar-refractivity contribution is 5.79. The van der Waals surface area contributed by atoms with Gasteiger partial charge in [0.25, 0.3) is 0 Å². The van der Waals surface area contributed by atoms with Crippen LogP contribution in [-0.4, -0.2) is 63.5 Å². The largest absolute Gasteiger partial charge is 0.497 e. The van der Waals surface area contributed by atoms with Gasteiger partial charge >= 0.3 is 6.09 Å². The maximum atomic E-state index is 12.3. The molecule has 0 aliphatic carbocycles. The molecule has 0 radical (unpaired) electrons. The van der Waals surface area contributed by atoms with Crippen molar-refractivity contribution in [3.05, 3.63) is 23.8 Å². The monoisotopic (exact) mass is 420 g/mol. The van der Waals surface area contributed by atoms with Crippen molar-refractivity contribution in [3.63, 3.8) is 0 Å². The predicted molar refractivity (Wildman–Crippen MR) is 118 cm³/mol. The Bertz CT molecular complexity index is 730. The van der Waals surface area contributed by atoms with Gasteiger partial charge in [-0.15, -0.1) is 0 Å². The first kappa shape index (κ1) is 23.6. The number of carbonyl (C=O) groups is 1. The van der Waals surface area contributed by atoms with Crippen LogP contribution in [0.3, 0.4) is 0 Å². The van der Waals surface area contributed by atoms with Crippen LogP contribution in [0.2, 0.25) is 0 Å². The molecule has 1 saturated heterocycles. The molecule has 1 aliphatic heterocycles. The third-order valence-corrected chi connectivity index (χ3v) is 4.89. The number of nitrogens with one attached hydrogen (secondary N) is 2. The Morgan fingerprint density at radius 3 is 2.63 bits per heavy atom. The van der Waals surface area contributed by atoms with Gasteiger partial charge in [0.15, 0.2) is 5.96 Å². The number of hydrogen-bond donors (Lipinski definition) is 2. The second kappa shape index (κ2) is 10.9. The molecule has 1 aromatic carbocycles. The number of benzene rings is 1. The van der Waals surface area contributed by atoms with E-state index in [4.69, 9.17) is 14.2 Å². The summed E-state index contributed by atoms with van der Waals surface area (Å²) < 4.78 is 16.2. The standard InChI is InChI=1S/C22H36N4O4/c1-22(2,3)30-21(27)26-11-7-8-16(15-26)13-24-20(23-4)25-14-17-9-10-18(28-5)12-19(17)29-6/h9-10,12,16H,7-8,11,13-15H2,1-6H3,(H2,23,24,25). The first-order valence-corrected chi connectivity index (χ1v) is 10.4. The van der Waals surface area contributed by atoms with Crippen LogP contribution in [0.5, 0.6) is 11.5 Å². The summed E-state index contributed by atoms with van der Waals surface area (Å²) in [5, 5.41) is 6.69. The van der Waals surface area contributed by atoms with Crippen LogP contribution in [0.4, 0.5) is 4.79 Å². The van der Waals surface area contributed by atoms with E-state index in [1.54, 1.807) is 26.2 Å². The van der Waals surface area contributed by atoms with Crippen molar-refractivity contribution < 1.29 is 19.0 Å². The molecule has 1 heterocycles. The number of amides is 1. The number of likely N-dealkylation sites (tertiary alicyclic amines) is 1. The SMILES string of the molecule is CN=C(NCc1ccc(OC)cc1OC)NCC1CCCN(C(=O)OC(C)(C)C)C1. The minimum absolute atomic E-state index is 0.235. The lowest BCUT2D eigenvalue weighted by Gasteiger charge is -2.34. The van der Waals surface area contributed by atoms with Crippen molar-refractivity contribution in [3.8, 4) is 11.5 Å². The van der Waals surface area contributed by atoms with Crippen LogP contribution < -0.4 is 20.1 Å². The highest BCUT2D eigenvalue weighted by atomic mass is 16.6. The molecule has 1 amide bonds. The molecule has 2 N–H and O–H groups in total. The lowest BCUT2D eigenvalue weighted by atomic mass is 9.98. The van der Waals surface area contributed by atoms with Crippen LogP contribution in [0.15, 0.2) is 23.2 Å². The third kappa shape index (κ3) is 7.31. The summed E-state index contributed by atoms with van der Waals surface area (Å²) in [4.78, 5) is 18.5. The number of piperidine rings is 1. The first-order chi connectivity index (χ1) is 14.3. The van der Waals surface area contributed by atoms with Gasteiger partial charge in [0.2, 0.25) is 0 Å². The Hall–Kier alpha value is -2.64. The van der Waals surface area contributed by atoms with Gasteiger partial charge in [0, 0.05) is 44.9 Å². The topological polar surface area (TPSA) is 84.4 Å². The number of methoxy groups -OCH3 is 2. The first-order valence-electron chi connectivity index (χ1n) is 10.4. The van der Waals surface area contributed by atoms with Crippen LogP contribution in [-0.2, 0) is 11.3 Å². The number of carbonyl (C=O) groups excluding carboxylic acids is 1. The normalized spacial score (nSPS) is 17.3. The Balaban J connectivity index is 1.85. The van der Waals surface area contributed by atoms with E-state index in [2.05, 4.69) is 15.6 Å². The molecular weight excluding hydrogens is 384 g/mol. The van der Waals surface area contributed by atoms with Crippen molar-refractivity contribution in [2.75, 3.05) is 40.9 Å². The molecule has 168 valence electrons. The molecule has 0 saturated carbocycles. The van der Waals surface area contributed by atoms with Gasteiger partial charge in [0.05, 0.1) is 14.2 Å². The quantitative estimate of drug-likeness (QED) is 0.544. The molecule has 1 atom stereocenters. The number of nitrogens with zero attached hydrogens (tertiary/aromatic N) is 2. The molecule has 1 aliphatic rings. The summed E-state index contributed by atoms with van der Waals surface area (Å²) in [6, 6.07) is 5.74. The second-order valence-corrected chi connectivity index (χ2v) is 8.42. The van der Waals surface area contributed by atoms with Crippen molar-refractivity contribution in [2.45, 2.75) is 45.8 Å². The van der Waals surface area contributed by atoms with Crippen LogP contribution >= 0.6 is 0 Å². The van der Waals surface area contributed by atoms with E-state index in [9.17, 15) is 4.79 Å². The van der Waals surface area contributed by atoms with Gasteiger partial charge in [-0.1, -0.05) is 0 Å². The highest BCUT2D eigenvalue weighted by Gasteiger charge is 2.27. The third-order valence-electron chi connectivity index (χ3n) is 4.89. The summed E-state index contributed by atoms with van der Waals surface area (Å²) in [6.07, 6.45) is 1.80. The Kier molecular flexibility index (Phi) is 8.62. The van der Waals surface area contributed by atoms with E-state index in [0.29, 0.717) is 25.0 Å². The Morgan fingerprint density at radius 2 is 2.00 bits per heavy atom. The molecular formula is C22H36N4O4. The molecule has 30 heavy (non-hydrogen) atoms. The van der Waals surface area contributed by atoms with Gasteiger partial charge in [-0.3, -0.25) is 4.99 Å². The number of ether oxygens (including phenoxy) is 3. The number of hydrogen-bond acceptors (Lipinski definition) is 5. The van der Waals surface area contributed by atoms with Crippen LogP contribution in [0.25, 0.3) is 0 Å². The van der Waals surface area contributed by atoms with Crippen LogP contribution in [0.1, 0.15) is 39.2 Å². The van der Waals surface area contributed by atoms with Crippen molar-refractivity contribution in [1.29, 1.82) is 0 Å². The van der Waals surface area contributed by atoms with Crippen molar-refractivity contribution >= 4 is 12.1 Å². The smallest absolute Gasteiger partial charge is 0.410 e. The fraction of sp³-hybridized carbons (Fsp3) is 0.636. The second-order valence-electron chi connectivity index (χ2n) is 8.42. The van der Waals surface area contributed by atoms with E-state index >= 15 is 0 Å². The van der Waals surface area contributed by atoms with Gasteiger partial charge in [-0.25, -0.2) is 4.79 Å². The van der Waals surface area contributed by atoms with E-state index in [1.165, 1.54) is 0 Å². The molecule has 1 aromatic rings. The molecule has 1 unspecified atom stereocenters. The lowest BCUT2D eigenvalue weighted by molar-refractivity contribution is 0.0168. The van der Waals surface area contributed by atoms with Crippen molar-refractivity contribution in [1.82, 2.24) is 15.5 Å². The van der Waals surface area contributed by atoms with E-state index in [-0.39, 0.29) is 6.09 Å². The molecule has 8 nitrogen and oxygen atoms in total. The summed E-state index contributed by atoms with van der Waals surface area (Å²) in [5.41, 5.74) is 0.534. The predicted octanol–water partition coefficient (Wildman–Crippen LogP) is 3.02. The fourth-order valence-corrected chi connectivity index (χ4v) is 3.36. The molecule has 1 fully saturated rings. The zero-order valence-electron chi connectivity index (χ0n) is 19.1. The maximum Gasteiger partial charge on any atom is 0.410 e. The minimum atomic E-state index is -0.475. The molecule has 0 spiro atoms. The zero-order chi connectivity index (χ0) is 22.1. The summed E-state index contributed by atoms with van der Waals surface area (Å²) in [7, 11) is 5.02. The fourth-order valence-electron chi connectivity index (χ4n) is 3.36. The average Bonchev–Trinajstić information content (AvgIpc) is 2.72. The van der Waals surface area contributed by atoms with Gasteiger partial charge in [0.1, 0.15) is 17.1 Å². The molecule has 2 rings (SSSR count). The number of aliphatic imine (C=N–C) groups is 1. The number of rotatable bonds is 6. The molecule has 8 heteroatoms.